The number of hydrogen-bond acceptors (Lipinski definition) is 5. The fourth-order valence-corrected chi connectivity index (χ4v) is 2.99. The second kappa shape index (κ2) is 10.6. The van der Waals surface area contributed by atoms with Gasteiger partial charge in [-0.25, -0.2) is 5.21 Å². The number of likely N-dealkylation sites (N-methyl/N-ethyl adjacent to an activating group) is 1. The van der Waals surface area contributed by atoms with Crippen molar-refractivity contribution in [3.8, 4) is 5.75 Å². The minimum atomic E-state index is -0.909. The van der Waals surface area contributed by atoms with Crippen LogP contribution in [0.5, 0.6) is 5.75 Å². The number of quaternary nitrogens is 1. The van der Waals surface area contributed by atoms with E-state index in [9.17, 15) is 10.4 Å². The molecule has 0 fully saturated rings. The Kier molecular flexibility index (Phi) is 8.50. The molecule has 7 heteroatoms. The highest BCUT2D eigenvalue weighted by Gasteiger charge is 2.11. The van der Waals surface area contributed by atoms with Crippen molar-refractivity contribution in [1.29, 1.82) is 0 Å². The van der Waals surface area contributed by atoms with Gasteiger partial charge < -0.3 is 20.2 Å². The van der Waals surface area contributed by atoms with Crippen LogP contribution in [0.25, 0.3) is 0 Å². The van der Waals surface area contributed by atoms with Crippen LogP contribution in [-0.2, 0) is 13.0 Å². The van der Waals surface area contributed by atoms with E-state index in [-0.39, 0.29) is 0 Å². The molecular weight excluding hydrogens is 398 g/mol. The third-order valence-corrected chi connectivity index (χ3v) is 4.72. The van der Waals surface area contributed by atoms with Crippen molar-refractivity contribution in [2.45, 2.75) is 13.0 Å². The van der Waals surface area contributed by atoms with Crippen LogP contribution in [0.4, 0.5) is 5.69 Å². The molecule has 6 nitrogen and oxygen atoms in total. The Bertz CT molecular complexity index is 678. The lowest BCUT2D eigenvalue weighted by molar-refractivity contribution is -0.991. The van der Waals surface area contributed by atoms with E-state index in [1.807, 2.05) is 32.3 Å². The van der Waals surface area contributed by atoms with E-state index in [0.29, 0.717) is 18.8 Å². The number of hydrogen-bond donors (Lipinski definition) is 3. The first-order valence-electron chi connectivity index (χ1n) is 8.55. The summed E-state index contributed by atoms with van der Waals surface area (Å²) >= 11 is 3.43. The average Bonchev–Trinajstić information content (AvgIpc) is 2.60. The van der Waals surface area contributed by atoms with Crippen molar-refractivity contribution < 1.29 is 15.2 Å². The number of benzene rings is 2. The van der Waals surface area contributed by atoms with Gasteiger partial charge in [-0.3, -0.25) is 0 Å². The number of ether oxygens (including phenoxy) is 1. The molecule has 1 atom stereocenters. The zero-order valence-electron chi connectivity index (χ0n) is 15.2. The van der Waals surface area contributed by atoms with Gasteiger partial charge in [-0.15, -0.1) is 0 Å². The SMILES string of the molecule is CN(C)CCOc1ccc(CCNCc2c(Br)cccc2[NH+]([O-])O)cc1. The van der Waals surface area contributed by atoms with E-state index in [0.717, 1.165) is 35.3 Å². The van der Waals surface area contributed by atoms with Crippen LogP contribution in [0, 0.1) is 5.21 Å². The second-order valence-electron chi connectivity index (χ2n) is 6.29. The van der Waals surface area contributed by atoms with Crippen molar-refractivity contribution in [2.24, 2.45) is 0 Å². The van der Waals surface area contributed by atoms with Crippen molar-refractivity contribution in [3.63, 3.8) is 0 Å². The summed E-state index contributed by atoms with van der Waals surface area (Å²) in [6.07, 6.45) is 0.866. The molecule has 2 rings (SSSR count). The normalized spacial score (nSPS) is 12.4. The Balaban J connectivity index is 1.78. The van der Waals surface area contributed by atoms with Gasteiger partial charge in [0.2, 0.25) is 0 Å². The molecule has 2 aromatic carbocycles. The van der Waals surface area contributed by atoms with Gasteiger partial charge >= 0.3 is 0 Å². The molecule has 0 saturated heterocycles. The minimum Gasteiger partial charge on any atom is -0.595 e. The molecule has 0 heterocycles. The maximum absolute atomic E-state index is 11.3. The van der Waals surface area contributed by atoms with Gasteiger partial charge in [-0.1, -0.05) is 34.1 Å². The summed E-state index contributed by atoms with van der Waals surface area (Å²) in [4.78, 5) is 2.08. The molecule has 0 spiro atoms. The molecule has 0 aliphatic rings. The van der Waals surface area contributed by atoms with Crippen LogP contribution in [0.1, 0.15) is 11.1 Å². The number of nitrogens with zero attached hydrogens (tertiary/aromatic N) is 1. The van der Waals surface area contributed by atoms with Gasteiger partial charge in [0.05, 0.1) is 0 Å². The minimum absolute atomic E-state index is 0.325. The maximum Gasteiger partial charge on any atom is 0.169 e. The van der Waals surface area contributed by atoms with Gasteiger partial charge in [-0.05, 0) is 50.8 Å². The highest BCUT2D eigenvalue weighted by Crippen LogP contribution is 2.22. The number of halogens is 1. The summed E-state index contributed by atoms with van der Waals surface area (Å²) in [5.41, 5.74) is 2.30. The maximum atomic E-state index is 11.3. The monoisotopic (exact) mass is 423 g/mol. The van der Waals surface area contributed by atoms with Crippen molar-refractivity contribution in [2.75, 3.05) is 33.8 Å². The smallest absolute Gasteiger partial charge is 0.169 e. The molecule has 142 valence electrons. The topological polar surface area (TPSA) is 72.2 Å². The van der Waals surface area contributed by atoms with E-state index in [1.165, 1.54) is 5.56 Å². The Hall–Kier alpha value is -1.48. The Morgan fingerprint density at radius 2 is 1.92 bits per heavy atom. The van der Waals surface area contributed by atoms with Crippen LogP contribution < -0.4 is 15.3 Å². The molecule has 0 saturated carbocycles. The predicted molar refractivity (Wildman–Crippen MR) is 106 cm³/mol. The van der Waals surface area contributed by atoms with Crippen LogP contribution in [0.3, 0.4) is 0 Å². The van der Waals surface area contributed by atoms with E-state index < -0.39 is 5.23 Å². The summed E-state index contributed by atoms with van der Waals surface area (Å²) in [6.45, 7) is 2.83. The highest BCUT2D eigenvalue weighted by atomic mass is 79.9. The molecule has 0 radical (unpaired) electrons. The zero-order valence-corrected chi connectivity index (χ0v) is 16.8. The molecule has 0 aliphatic heterocycles. The van der Waals surface area contributed by atoms with Crippen molar-refractivity contribution in [1.82, 2.24) is 10.2 Å². The lowest BCUT2D eigenvalue weighted by Crippen LogP contribution is -2.99. The molecule has 0 amide bonds. The molecule has 0 aromatic heterocycles. The largest absolute Gasteiger partial charge is 0.595 e. The molecule has 0 aliphatic carbocycles. The van der Waals surface area contributed by atoms with Gasteiger partial charge in [0, 0.05) is 29.2 Å². The molecule has 2 aromatic rings. The first-order chi connectivity index (χ1) is 12.5. The Morgan fingerprint density at radius 1 is 1.19 bits per heavy atom. The van der Waals surface area contributed by atoms with Gasteiger partial charge in [0.15, 0.2) is 5.69 Å². The van der Waals surface area contributed by atoms with Gasteiger partial charge in [0.25, 0.3) is 0 Å². The Morgan fingerprint density at radius 3 is 2.58 bits per heavy atom. The van der Waals surface area contributed by atoms with Crippen LogP contribution in [0.2, 0.25) is 0 Å². The van der Waals surface area contributed by atoms with E-state index in [4.69, 9.17) is 4.74 Å². The standard InChI is InChI=1S/C19H26BrN3O3/c1-22(2)12-13-26-16-8-6-15(7-9-16)10-11-21-14-17-18(20)4-3-5-19(17)23(24)25/h3-9,21,23-24H,10-14H2,1-2H3. The Labute approximate surface area is 163 Å². The van der Waals surface area contributed by atoms with E-state index in [2.05, 4.69) is 38.3 Å². The van der Waals surface area contributed by atoms with Gasteiger partial charge in [-0.2, -0.15) is 5.23 Å². The predicted octanol–water partition coefficient (Wildman–Crippen LogP) is 2.13. The summed E-state index contributed by atoms with van der Waals surface area (Å²) in [5, 5.41) is 23.0. The van der Waals surface area contributed by atoms with Crippen molar-refractivity contribution >= 4 is 21.6 Å². The lowest BCUT2D eigenvalue weighted by Gasteiger charge is -2.17. The van der Waals surface area contributed by atoms with Crippen molar-refractivity contribution in [3.05, 3.63) is 63.3 Å². The summed E-state index contributed by atoms with van der Waals surface area (Å²) in [6, 6.07) is 13.3. The third-order valence-electron chi connectivity index (χ3n) is 3.97. The zero-order chi connectivity index (χ0) is 18.9. The first-order valence-corrected chi connectivity index (χ1v) is 9.34. The lowest BCUT2D eigenvalue weighted by atomic mass is 10.1. The summed E-state index contributed by atoms with van der Waals surface area (Å²) in [7, 11) is 4.04. The first kappa shape index (κ1) is 20.8. The molecule has 3 N–H and O–H groups in total. The van der Waals surface area contributed by atoms with Crippen LogP contribution in [0.15, 0.2) is 46.9 Å². The fourth-order valence-electron chi connectivity index (χ4n) is 2.48. The number of nitrogens with one attached hydrogen (secondary N) is 2. The van der Waals surface area contributed by atoms with E-state index >= 15 is 0 Å². The summed E-state index contributed by atoms with van der Waals surface area (Å²) in [5.74, 6) is 0.878. The fraction of sp³-hybridized carbons (Fsp3) is 0.368. The molecular formula is C19H26BrN3O3. The molecule has 1 unspecified atom stereocenters. The van der Waals surface area contributed by atoms with Gasteiger partial charge in [0.1, 0.15) is 12.4 Å². The van der Waals surface area contributed by atoms with Crippen LogP contribution >= 0.6 is 15.9 Å². The summed E-state index contributed by atoms with van der Waals surface area (Å²) < 4.78 is 6.50. The molecule has 26 heavy (non-hydrogen) atoms. The second-order valence-corrected chi connectivity index (χ2v) is 7.15. The number of rotatable bonds is 10. The highest BCUT2D eigenvalue weighted by molar-refractivity contribution is 9.10. The van der Waals surface area contributed by atoms with E-state index in [1.54, 1.807) is 12.1 Å². The third kappa shape index (κ3) is 6.68. The quantitative estimate of drug-likeness (QED) is 0.403. The average molecular weight is 424 g/mol. The van der Waals surface area contributed by atoms with Crippen LogP contribution in [-0.4, -0.2) is 43.9 Å². The molecule has 0 bridgehead atoms.